The zero-order valence-electron chi connectivity index (χ0n) is 76.0. The summed E-state index contributed by atoms with van der Waals surface area (Å²) in [5, 5.41) is 0. The Morgan fingerprint density at radius 1 is 0.133 bits per heavy atom. The van der Waals surface area contributed by atoms with Gasteiger partial charge in [0.25, 0.3) is 20.1 Å². The third-order valence-electron chi connectivity index (χ3n) is 27.9. The summed E-state index contributed by atoms with van der Waals surface area (Å²) in [6.45, 7) is -5.42. The highest BCUT2D eigenvalue weighted by molar-refractivity contribution is 7.05. The maximum Gasteiger partial charge on any atom is 0.252 e. The minimum Gasteiger partial charge on any atom is -0.306 e. The molecule has 0 spiro atoms. The Morgan fingerprint density at radius 3 is 0.453 bits per heavy atom. The van der Waals surface area contributed by atoms with Gasteiger partial charge in [-0.1, -0.05) is 121 Å². The maximum atomic E-state index is 18.9. The van der Waals surface area contributed by atoms with Gasteiger partial charge in [-0.3, -0.25) is 14.7 Å². The van der Waals surface area contributed by atoms with E-state index in [1.54, 1.807) is 0 Å². The Hall–Kier alpha value is -18.1. The third kappa shape index (κ3) is 13.8. The van der Waals surface area contributed by atoms with Crippen molar-refractivity contribution in [3.63, 3.8) is 0 Å². The van der Waals surface area contributed by atoms with E-state index in [9.17, 15) is 0 Å². The van der Waals surface area contributed by atoms with Crippen LogP contribution in [0.3, 0.4) is 0 Å². The lowest BCUT2D eigenvalue weighted by molar-refractivity contribution is 0.569. The number of anilines is 27. The fourth-order valence-corrected chi connectivity index (χ4v) is 22.2. The van der Waals surface area contributed by atoms with Crippen molar-refractivity contribution >= 4 is 223 Å². The molecule has 0 radical (unpaired) electrons. The van der Waals surface area contributed by atoms with Crippen LogP contribution in [0.5, 0.6) is 0 Å². The second kappa shape index (κ2) is 34.8. The zero-order chi connectivity index (χ0) is 104. The molecule has 0 saturated heterocycles. The highest BCUT2D eigenvalue weighted by atomic mass is 19.2. The van der Waals surface area contributed by atoms with E-state index in [1.165, 1.54) is 60.7 Å². The lowest BCUT2D eigenvalue weighted by Crippen LogP contribution is -2.67. The molecule has 0 unspecified atom stereocenters. The third-order valence-corrected chi connectivity index (χ3v) is 27.9. The Labute approximate surface area is 835 Å². The average molecular weight is 2040 g/mol. The van der Waals surface area contributed by atoms with Gasteiger partial charge >= 0.3 is 0 Å². The number of halogens is 24. The van der Waals surface area contributed by atoms with Crippen LogP contribution in [0.4, 0.5) is 259 Å². The number of benzene rings is 19. The lowest BCUT2D eigenvalue weighted by atomic mass is 9.29. The molecule has 0 fully saturated rings. The number of fused-ring (bicyclic) bond motifs is 12. The molecule has 6 aliphatic rings. The molecule has 6 aliphatic heterocycles. The Bertz CT molecular complexity index is 8250. The van der Waals surface area contributed by atoms with Gasteiger partial charge in [0.1, 0.15) is 208 Å². The molecule has 6 heterocycles. The van der Waals surface area contributed by atoms with Crippen molar-refractivity contribution in [1.29, 1.82) is 0 Å². The van der Waals surface area contributed by atoms with E-state index in [2.05, 4.69) is 0 Å². The van der Waals surface area contributed by atoms with Crippen molar-refractivity contribution in [3.8, 4) is 0 Å². The first-order valence-corrected chi connectivity index (χ1v) is 46.0. The van der Waals surface area contributed by atoms with E-state index in [4.69, 9.17) is 0 Å². The number of hydrogen-bond donors (Lipinski definition) is 0. The van der Waals surface area contributed by atoms with Crippen LogP contribution in [0.1, 0.15) is 0 Å². The van der Waals surface area contributed by atoms with Crippen LogP contribution in [-0.2, 0) is 0 Å². The predicted molar refractivity (Wildman–Crippen MR) is 532 cm³/mol. The predicted octanol–water partition coefficient (Wildman–Crippen LogP) is 27.7. The first-order chi connectivity index (χ1) is 72.5. The van der Waals surface area contributed by atoms with Gasteiger partial charge in [-0.25, -0.2) is 105 Å². The molecule has 0 atom stereocenters. The first kappa shape index (κ1) is 93.0. The lowest BCUT2D eigenvalue weighted by Gasteiger charge is -2.49. The smallest absolute Gasteiger partial charge is 0.252 e. The van der Waals surface area contributed by atoms with Gasteiger partial charge in [0.05, 0.1) is 17.1 Å². The van der Waals surface area contributed by atoms with Crippen molar-refractivity contribution < 1.29 is 105 Å². The monoisotopic (exact) mass is 2040 g/mol. The number of nitrogens with zero attached hydrogens (tertiary/aromatic N) is 9. The summed E-state index contributed by atoms with van der Waals surface area (Å²) in [6, 6.07) is 50.6. The van der Waals surface area contributed by atoms with Crippen LogP contribution in [0.25, 0.3) is 0 Å². The second-order valence-electron chi connectivity index (χ2n) is 35.9. The molecule has 0 bridgehead atoms. The van der Waals surface area contributed by atoms with E-state index in [1.807, 2.05) is 0 Å². The number of para-hydroxylation sites is 14. The van der Waals surface area contributed by atoms with Crippen molar-refractivity contribution in [2.24, 2.45) is 0 Å². The molecule has 0 N–H and O–H groups in total. The van der Waals surface area contributed by atoms with Gasteiger partial charge in [-0.05, 0) is 255 Å². The van der Waals surface area contributed by atoms with E-state index in [-0.39, 0.29) is 55.1 Å². The fraction of sp³-hybridized carbons (Fsp3) is 0. The van der Waals surface area contributed by atoms with E-state index < -0.39 is 307 Å². The van der Waals surface area contributed by atoms with Crippen molar-refractivity contribution in [2.45, 2.75) is 0 Å². The summed E-state index contributed by atoms with van der Waals surface area (Å²) < 4.78 is 432. The summed E-state index contributed by atoms with van der Waals surface area (Å²) in [4.78, 5) is 6.36. The Balaban J connectivity index is 0.876. The highest BCUT2D eigenvalue weighted by Gasteiger charge is 2.55. The molecule has 25 rings (SSSR count). The van der Waals surface area contributed by atoms with Crippen LogP contribution in [0, 0.1) is 140 Å². The van der Waals surface area contributed by atoms with Crippen molar-refractivity contribution in [1.82, 2.24) is 0 Å². The first-order valence-electron chi connectivity index (χ1n) is 46.0. The molecule has 0 aromatic heterocycles. The Kier molecular flexibility index (Phi) is 21.6. The molecule has 0 saturated carbocycles. The van der Waals surface area contributed by atoms with E-state index in [0.717, 1.165) is 224 Å². The quantitative estimate of drug-likeness (QED) is 0.0735. The van der Waals surface area contributed by atoms with Gasteiger partial charge < -0.3 is 29.4 Å². The molecule has 36 heteroatoms. The SMILES string of the molecule is Fc1cccc(F)c1N1c2ccccc2B2c3cc4c(cc3N(c3c(F)cccc3F)c3cc(N(c5c(F)cccc5F)c5c(F)cccc5F)cc1c32)N(c1c(F)cccc1F)c1cc(N(c2c(F)cccc2F)c2c(F)cccc2F)cc2c1B4c1cc3c(cc1N2c1c(F)cccc1F)N(c1c(F)cccc1F)c1cc(N(c2c(F)cccc2F)c2c(F)cccc2F)cc2c1B3c1ccccc1N2c1c(F)cccc1F. The van der Waals surface area contributed by atoms with Crippen LogP contribution >= 0.6 is 0 Å². The molecule has 19 aromatic rings. The van der Waals surface area contributed by atoms with E-state index >= 15 is 105 Å². The highest BCUT2D eigenvalue weighted by Crippen LogP contribution is 2.59. The van der Waals surface area contributed by atoms with Gasteiger partial charge in [0, 0.05) is 68.2 Å². The van der Waals surface area contributed by atoms with Crippen LogP contribution < -0.4 is 93.3 Å². The minimum atomic E-state index is -2.01. The summed E-state index contributed by atoms with van der Waals surface area (Å²) in [5.41, 5.74) is -25.3. The molecule has 19 aromatic carbocycles. The van der Waals surface area contributed by atoms with Gasteiger partial charge in [0.2, 0.25) is 0 Å². The standard InChI is InChI=1S/C114H54B3F24N9/c118-64-19-5-20-65(119)103(64)142(104-66(120)21-6-22-67(104)121)55-45-94-100-96(47-55)147(111-80(134)35-13-36-81(111)135)90-53-92-62(51-60(90)115(100)58-17-1-3-43-88(58)145(94)109-76(130)31-11-32-77(109)131)117-63-52-61-91(54-93(63)150(114-86(140)41-16-42-87(114)141)99-50-57(49-98(102(99)117)149(92)113-84(138)39-15-40-85(113)139)144(107-72(126)27-9-28-73(107)127)108-74(128)29-10-30-75(108)129)148(112-82(136)37-14-38-83(112)137)97-48-56(143(105-68(122)23-7-24-69(105)123)106-70(124)25-8-26-71(106)125)46-95-101(97)116(61)59-18-2-4-44-89(59)146(95)110-78(132)33-12-34-79(110)133/h1-54H. The number of rotatable bonds is 15. The minimum absolute atomic E-state index is 0.0214. The summed E-state index contributed by atoms with van der Waals surface area (Å²) >= 11 is 0. The second-order valence-corrected chi connectivity index (χ2v) is 35.9. The zero-order valence-corrected chi connectivity index (χ0v) is 76.0. The van der Waals surface area contributed by atoms with E-state index in [0.29, 0.717) is 87.5 Å². The fourth-order valence-electron chi connectivity index (χ4n) is 22.2. The maximum absolute atomic E-state index is 18.9. The summed E-state index contributed by atoms with van der Waals surface area (Å²) in [7, 11) is 0. The average Bonchev–Trinajstić information content (AvgIpc) is 0.670. The molecule has 732 valence electrons. The van der Waals surface area contributed by atoms with Crippen LogP contribution in [0.15, 0.2) is 328 Å². The van der Waals surface area contributed by atoms with Gasteiger partial charge in [0.15, 0.2) is 0 Å². The van der Waals surface area contributed by atoms with Crippen molar-refractivity contribution in [3.05, 3.63) is 467 Å². The topological polar surface area (TPSA) is 29.2 Å². The molecule has 150 heavy (non-hydrogen) atoms. The summed E-state index contributed by atoms with van der Waals surface area (Å²) in [6.07, 6.45) is 0. The molecule has 0 amide bonds. The largest absolute Gasteiger partial charge is 0.306 e. The van der Waals surface area contributed by atoms with Crippen molar-refractivity contribution in [2.75, 3.05) is 44.1 Å². The molecular weight excluding hydrogens is 1980 g/mol. The normalized spacial score (nSPS) is 13.1. The Morgan fingerprint density at radius 2 is 0.280 bits per heavy atom. The molecule has 9 nitrogen and oxygen atoms in total. The summed E-state index contributed by atoms with van der Waals surface area (Å²) in [5.74, 6) is -36.1. The van der Waals surface area contributed by atoms with Crippen LogP contribution in [0.2, 0.25) is 0 Å². The molecular formula is C114H54B3F24N9. The number of hydrogen-bond acceptors (Lipinski definition) is 9. The molecule has 0 aliphatic carbocycles. The van der Waals surface area contributed by atoms with Gasteiger partial charge in [-0.15, -0.1) is 0 Å². The van der Waals surface area contributed by atoms with Gasteiger partial charge in [-0.2, -0.15) is 0 Å². The van der Waals surface area contributed by atoms with Crippen LogP contribution in [-0.4, -0.2) is 20.1 Å².